The highest BCUT2D eigenvalue weighted by Crippen LogP contribution is 2.18. The summed E-state index contributed by atoms with van der Waals surface area (Å²) >= 11 is 6.01. The monoisotopic (exact) mass is 291 g/mol. The molecular formula is C11H18ClN3O2S. The summed E-state index contributed by atoms with van der Waals surface area (Å²) in [6, 6.07) is 3.55. The van der Waals surface area contributed by atoms with Crippen molar-refractivity contribution in [3.63, 3.8) is 0 Å². The van der Waals surface area contributed by atoms with E-state index in [2.05, 4.69) is 10.3 Å². The molecule has 0 saturated carbocycles. The molecule has 0 radical (unpaired) electrons. The maximum absolute atomic E-state index is 11.1. The molecule has 0 unspecified atom stereocenters. The maximum atomic E-state index is 11.1. The molecule has 0 saturated heterocycles. The zero-order chi connectivity index (χ0) is 13.8. The lowest BCUT2D eigenvalue weighted by Gasteiger charge is -2.18. The zero-order valence-electron chi connectivity index (χ0n) is 10.8. The third kappa shape index (κ3) is 4.80. The van der Waals surface area contributed by atoms with Crippen LogP contribution in [0.15, 0.2) is 12.1 Å². The van der Waals surface area contributed by atoms with Gasteiger partial charge in [0.05, 0.1) is 16.5 Å². The first-order valence-corrected chi connectivity index (χ1v) is 7.96. The van der Waals surface area contributed by atoms with Gasteiger partial charge < -0.3 is 10.2 Å². The van der Waals surface area contributed by atoms with Crippen LogP contribution >= 0.6 is 11.6 Å². The van der Waals surface area contributed by atoms with Crippen LogP contribution in [0.2, 0.25) is 5.02 Å². The van der Waals surface area contributed by atoms with Crippen LogP contribution in [0.1, 0.15) is 5.69 Å². The number of anilines is 1. The van der Waals surface area contributed by atoms with E-state index in [4.69, 9.17) is 11.6 Å². The number of pyridine rings is 1. The number of hydrogen-bond acceptors (Lipinski definition) is 5. The molecular weight excluding hydrogens is 274 g/mol. The van der Waals surface area contributed by atoms with Crippen LogP contribution in [0.3, 0.4) is 0 Å². The molecule has 0 aromatic carbocycles. The Morgan fingerprint density at radius 1 is 1.44 bits per heavy atom. The number of nitrogens with one attached hydrogen (secondary N) is 1. The standard InChI is InChI=1S/C11H18ClN3O2S/c1-13-8-10-9(12)4-5-11(14-10)15(2)6-7-18(3,16)17/h4-5,13H,6-8H2,1-3H3. The fourth-order valence-corrected chi connectivity index (χ4v) is 2.17. The minimum Gasteiger partial charge on any atom is -0.359 e. The predicted molar refractivity (Wildman–Crippen MR) is 75.0 cm³/mol. The highest BCUT2D eigenvalue weighted by Gasteiger charge is 2.09. The molecule has 0 aliphatic heterocycles. The van der Waals surface area contributed by atoms with Crippen molar-refractivity contribution in [3.8, 4) is 0 Å². The van der Waals surface area contributed by atoms with Gasteiger partial charge in [0.1, 0.15) is 15.7 Å². The van der Waals surface area contributed by atoms with Crippen molar-refractivity contribution >= 4 is 27.3 Å². The number of nitrogens with zero attached hydrogens (tertiary/aromatic N) is 2. The summed E-state index contributed by atoms with van der Waals surface area (Å²) in [5, 5.41) is 3.59. The second-order valence-corrected chi connectivity index (χ2v) is 6.85. The van der Waals surface area contributed by atoms with Gasteiger partial charge in [-0.3, -0.25) is 0 Å². The Hall–Kier alpha value is -0.850. The van der Waals surface area contributed by atoms with Crippen molar-refractivity contribution in [2.45, 2.75) is 6.54 Å². The van der Waals surface area contributed by atoms with Crippen molar-refractivity contribution in [2.24, 2.45) is 0 Å². The quantitative estimate of drug-likeness (QED) is 0.845. The van der Waals surface area contributed by atoms with Crippen LogP contribution in [0, 0.1) is 0 Å². The molecule has 7 heteroatoms. The highest BCUT2D eigenvalue weighted by molar-refractivity contribution is 7.90. The molecule has 0 amide bonds. The average Bonchev–Trinajstić information content (AvgIpc) is 2.28. The van der Waals surface area contributed by atoms with Gasteiger partial charge in [-0.05, 0) is 19.2 Å². The Morgan fingerprint density at radius 2 is 2.11 bits per heavy atom. The van der Waals surface area contributed by atoms with E-state index in [-0.39, 0.29) is 5.75 Å². The summed E-state index contributed by atoms with van der Waals surface area (Å²) in [5.74, 6) is 0.822. The molecule has 18 heavy (non-hydrogen) atoms. The van der Waals surface area contributed by atoms with Crippen LogP contribution in [0.4, 0.5) is 5.82 Å². The van der Waals surface area contributed by atoms with Crippen molar-refractivity contribution < 1.29 is 8.42 Å². The molecule has 1 N–H and O–H groups in total. The maximum Gasteiger partial charge on any atom is 0.149 e. The summed E-state index contributed by atoms with van der Waals surface area (Å²) in [5.41, 5.74) is 0.753. The molecule has 0 spiro atoms. The lowest BCUT2D eigenvalue weighted by atomic mass is 10.3. The summed E-state index contributed by atoms with van der Waals surface area (Å²) in [6.07, 6.45) is 1.22. The number of sulfone groups is 1. The Balaban J connectivity index is 2.79. The molecule has 1 aromatic heterocycles. The number of rotatable bonds is 6. The SMILES string of the molecule is CNCc1nc(N(C)CCS(C)(=O)=O)ccc1Cl. The first-order valence-electron chi connectivity index (χ1n) is 5.52. The smallest absolute Gasteiger partial charge is 0.149 e. The summed E-state index contributed by atoms with van der Waals surface area (Å²) in [4.78, 5) is 6.20. The number of halogens is 1. The molecule has 0 aliphatic rings. The Kier molecular flexibility index (Phi) is 5.37. The Labute approximate surface area is 113 Å². The van der Waals surface area contributed by atoms with Gasteiger partial charge in [-0.15, -0.1) is 0 Å². The first-order chi connectivity index (χ1) is 8.33. The van der Waals surface area contributed by atoms with Gasteiger partial charge in [0.15, 0.2) is 0 Å². The lowest BCUT2D eigenvalue weighted by molar-refractivity contribution is 0.601. The normalized spacial score (nSPS) is 11.6. The van der Waals surface area contributed by atoms with Gasteiger partial charge in [0.2, 0.25) is 0 Å². The van der Waals surface area contributed by atoms with Gasteiger partial charge >= 0.3 is 0 Å². The van der Waals surface area contributed by atoms with Crippen molar-refractivity contribution in [1.82, 2.24) is 10.3 Å². The molecule has 5 nitrogen and oxygen atoms in total. The van der Waals surface area contributed by atoms with E-state index in [1.54, 1.807) is 17.0 Å². The molecule has 0 atom stereocenters. The number of aromatic nitrogens is 1. The van der Waals surface area contributed by atoms with Gasteiger partial charge in [-0.25, -0.2) is 13.4 Å². The summed E-state index contributed by atoms with van der Waals surface area (Å²) in [7, 11) is 0.664. The Bertz CT molecular complexity index is 505. The van der Waals surface area contributed by atoms with Crippen molar-refractivity contribution in [2.75, 3.05) is 37.5 Å². The molecule has 1 aromatic rings. The van der Waals surface area contributed by atoms with Crippen LogP contribution in [-0.4, -0.2) is 46.1 Å². The Morgan fingerprint density at radius 3 is 2.67 bits per heavy atom. The molecule has 0 fully saturated rings. The summed E-state index contributed by atoms with van der Waals surface area (Å²) < 4.78 is 22.2. The molecule has 102 valence electrons. The highest BCUT2D eigenvalue weighted by atomic mass is 35.5. The molecule has 0 bridgehead atoms. The van der Waals surface area contributed by atoms with Crippen LogP contribution in [-0.2, 0) is 16.4 Å². The second-order valence-electron chi connectivity index (χ2n) is 4.18. The molecule has 1 rings (SSSR count). The topological polar surface area (TPSA) is 62.3 Å². The van der Waals surface area contributed by atoms with Crippen LogP contribution < -0.4 is 10.2 Å². The fraction of sp³-hybridized carbons (Fsp3) is 0.545. The van der Waals surface area contributed by atoms with Crippen LogP contribution in [0.5, 0.6) is 0 Å². The van der Waals surface area contributed by atoms with E-state index in [0.29, 0.717) is 23.9 Å². The van der Waals surface area contributed by atoms with E-state index in [1.165, 1.54) is 6.26 Å². The van der Waals surface area contributed by atoms with Crippen LogP contribution in [0.25, 0.3) is 0 Å². The van der Waals surface area contributed by atoms with Crippen molar-refractivity contribution in [3.05, 3.63) is 22.8 Å². The first kappa shape index (κ1) is 15.2. The second kappa shape index (κ2) is 6.36. The predicted octanol–water partition coefficient (Wildman–Crippen LogP) is 0.935. The largest absolute Gasteiger partial charge is 0.359 e. The third-order valence-corrected chi connectivity index (χ3v) is 3.71. The average molecular weight is 292 g/mol. The minimum absolute atomic E-state index is 0.106. The van der Waals surface area contributed by atoms with E-state index >= 15 is 0 Å². The zero-order valence-corrected chi connectivity index (χ0v) is 12.3. The fourth-order valence-electron chi connectivity index (χ4n) is 1.39. The van der Waals surface area contributed by atoms with Gasteiger partial charge in [-0.1, -0.05) is 11.6 Å². The third-order valence-electron chi connectivity index (χ3n) is 2.44. The summed E-state index contributed by atoms with van der Waals surface area (Å²) in [6.45, 7) is 0.985. The van der Waals surface area contributed by atoms with Gasteiger partial charge in [-0.2, -0.15) is 0 Å². The van der Waals surface area contributed by atoms with E-state index in [1.807, 2.05) is 14.1 Å². The molecule has 1 heterocycles. The van der Waals surface area contributed by atoms with Gasteiger partial charge in [0.25, 0.3) is 0 Å². The van der Waals surface area contributed by atoms with E-state index in [0.717, 1.165) is 5.69 Å². The van der Waals surface area contributed by atoms with E-state index < -0.39 is 9.84 Å². The van der Waals surface area contributed by atoms with Crippen molar-refractivity contribution in [1.29, 1.82) is 0 Å². The lowest BCUT2D eigenvalue weighted by Crippen LogP contribution is -2.26. The minimum atomic E-state index is -2.96. The van der Waals surface area contributed by atoms with Gasteiger partial charge in [0, 0.05) is 26.4 Å². The number of hydrogen-bond donors (Lipinski definition) is 1. The van der Waals surface area contributed by atoms with E-state index in [9.17, 15) is 8.42 Å². The molecule has 0 aliphatic carbocycles.